The molecule has 0 N–H and O–H groups in total. The van der Waals surface area contributed by atoms with Crippen LogP contribution in [0.3, 0.4) is 0 Å². The van der Waals surface area contributed by atoms with Crippen LogP contribution in [0.2, 0.25) is 0 Å². The van der Waals surface area contributed by atoms with E-state index >= 15 is 0 Å². The molecule has 0 aliphatic rings. The third-order valence-corrected chi connectivity index (χ3v) is 5.04. The Kier molecular flexibility index (Phi) is 8.90. The first-order valence-corrected chi connectivity index (χ1v) is 10.3. The molecule has 7 heteroatoms. The smallest absolute Gasteiger partial charge is 0.505 e. The standard InChI is InChI=1S/C23H29BF2N2O2/c1-5-27(6-2)20-13-9-18(10-14-20)22(29)17-23(30-24(25)26)19-11-15-21(16-12-19)28(7-3)8-4/h9-17H,5-8H2,1-4H3/b23-17-. The predicted octanol–water partition coefficient (Wildman–Crippen LogP) is 5.54. The first-order valence-electron chi connectivity index (χ1n) is 10.3. The van der Waals surface area contributed by atoms with Crippen molar-refractivity contribution < 1.29 is 18.1 Å². The highest BCUT2D eigenvalue weighted by Crippen LogP contribution is 2.23. The zero-order valence-corrected chi connectivity index (χ0v) is 18.1. The molecule has 0 heterocycles. The van der Waals surface area contributed by atoms with Crippen LogP contribution in [0.15, 0.2) is 54.6 Å². The third kappa shape index (κ3) is 6.08. The number of allylic oxidation sites excluding steroid dienone is 1. The van der Waals surface area contributed by atoms with E-state index in [9.17, 15) is 13.4 Å². The molecule has 0 amide bonds. The van der Waals surface area contributed by atoms with Crippen LogP contribution in [-0.2, 0) is 4.65 Å². The maximum absolute atomic E-state index is 13.0. The molecule has 0 fully saturated rings. The van der Waals surface area contributed by atoms with Crippen LogP contribution in [0.4, 0.5) is 20.0 Å². The van der Waals surface area contributed by atoms with E-state index in [1.165, 1.54) is 0 Å². The van der Waals surface area contributed by atoms with E-state index in [2.05, 4.69) is 28.3 Å². The number of hydrogen-bond donors (Lipinski definition) is 0. The second-order valence-electron chi connectivity index (χ2n) is 6.69. The van der Waals surface area contributed by atoms with Gasteiger partial charge in [-0.15, -0.1) is 0 Å². The van der Waals surface area contributed by atoms with Crippen molar-refractivity contribution in [3.8, 4) is 0 Å². The summed E-state index contributed by atoms with van der Waals surface area (Å²) in [5, 5.41) is 0. The summed E-state index contributed by atoms with van der Waals surface area (Å²) in [4.78, 5) is 17.0. The van der Waals surface area contributed by atoms with Crippen LogP contribution in [0, 0.1) is 0 Å². The molecule has 0 radical (unpaired) electrons. The minimum Gasteiger partial charge on any atom is -0.505 e. The average molecular weight is 414 g/mol. The Morgan fingerprint density at radius 1 is 0.800 bits per heavy atom. The highest BCUT2D eigenvalue weighted by atomic mass is 19.2. The molecule has 0 saturated carbocycles. The monoisotopic (exact) mass is 414 g/mol. The van der Waals surface area contributed by atoms with Crippen LogP contribution >= 0.6 is 0 Å². The van der Waals surface area contributed by atoms with Crippen molar-refractivity contribution in [1.82, 2.24) is 0 Å². The lowest BCUT2D eigenvalue weighted by Gasteiger charge is -2.21. The van der Waals surface area contributed by atoms with E-state index in [0.717, 1.165) is 43.6 Å². The van der Waals surface area contributed by atoms with Gasteiger partial charge in [0.05, 0.1) is 0 Å². The Morgan fingerprint density at radius 2 is 1.20 bits per heavy atom. The van der Waals surface area contributed by atoms with Crippen LogP contribution in [0.1, 0.15) is 43.6 Å². The maximum Gasteiger partial charge on any atom is 0.796 e. The molecule has 160 valence electrons. The molecule has 0 bridgehead atoms. The van der Waals surface area contributed by atoms with Crippen molar-refractivity contribution >= 4 is 30.4 Å². The number of benzene rings is 2. The normalized spacial score (nSPS) is 11.2. The minimum absolute atomic E-state index is 0.145. The molecule has 30 heavy (non-hydrogen) atoms. The Balaban J connectivity index is 2.28. The Hall–Kier alpha value is -2.83. The zero-order valence-electron chi connectivity index (χ0n) is 18.1. The number of hydrogen-bond acceptors (Lipinski definition) is 4. The van der Waals surface area contributed by atoms with Gasteiger partial charge in [0, 0.05) is 54.8 Å². The van der Waals surface area contributed by atoms with Crippen molar-refractivity contribution in [2.75, 3.05) is 36.0 Å². The summed E-state index contributed by atoms with van der Waals surface area (Å²) < 4.78 is 30.6. The van der Waals surface area contributed by atoms with Gasteiger partial charge < -0.3 is 14.5 Å². The molecule has 0 atom stereocenters. The average Bonchev–Trinajstić information content (AvgIpc) is 2.75. The molecule has 0 aliphatic heterocycles. The van der Waals surface area contributed by atoms with E-state index in [1.807, 2.05) is 38.1 Å². The summed E-state index contributed by atoms with van der Waals surface area (Å²) >= 11 is 0. The molecule has 0 unspecified atom stereocenters. The Morgan fingerprint density at radius 3 is 1.57 bits per heavy atom. The molecule has 0 aliphatic carbocycles. The molecule has 0 saturated heterocycles. The largest absolute Gasteiger partial charge is 0.796 e. The van der Waals surface area contributed by atoms with Gasteiger partial charge in [-0.2, -0.15) is 0 Å². The van der Waals surface area contributed by atoms with E-state index in [4.69, 9.17) is 0 Å². The molecule has 4 nitrogen and oxygen atoms in total. The first kappa shape index (κ1) is 23.5. The second kappa shape index (κ2) is 11.4. The number of carbonyl (C=O) groups is 1. The number of halogens is 2. The lowest BCUT2D eigenvalue weighted by atomic mass is 10.1. The van der Waals surface area contributed by atoms with Gasteiger partial charge >= 0.3 is 7.47 Å². The minimum atomic E-state index is -3.02. The van der Waals surface area contributed by atoms with E-state index in [-0.39, 0.29) is 11.5 Å². The van der Waals surface area contributed by atoms with Gasteiger partial charge in [0.15, 0.2) is 5.78 Å². The van der Waals surface area contributed by atoms with E-state index in [1.54, 1.807) is 24.3 Å². The van der Waals surface area contributed by atoms with Crippen LogP contribution in [-0.4, -0.2) is 39.4 Å². The molecule has 2 rings (SSSR count). The van der Waals surface area contributed by atoms with Gasteiger partial charge in [-0.3, -0.25) is 4.79 Å². The van der Waals surface area contributed by atoms with Crippen molar-refractivity contribution in [1.29, 1.82) is 0 Å². The number of anilines is 2. The lowest BCUT2D eigenvalue weighted by molar-refractivity contribution is 0.104. The molecule has 2 aromatic rings. The van der Waals surface area contributed by atoms with E-state index < -0.39 is 7.47 Å². The fourth-order valence-corrected chi connectivity index (χ4v) is 3.33. The fraction of sp³-hybridized carbons (Fsp3) is 0.348. The molecule has 0 aromatic heterocycles. The maximum atomic E-state index is 13.0. The molecule has 2 aromatic carbocycles. The molecular weight excluding hydrogens is 385 g/mol. The number of nitrogens with zero attached hydrogens (tertiary/aromatic N) is 2. The summed E-state index contributed by atoms with van der Waals surface area (Å²) in [5.74, 6) is -0.529. The van der Waals surface area contributed by atoms with E-state index in [0.29, 0.717) is 11.1 Å². The third-order valence-electron chi connectivity index (χ3n) is 5.04. The highest BCUT2D eigenvalue weighted by molar-refractivity contribution is 6.36. The highest BCUT2D eigenvalue weighted by Gasteiger charge is 2.21. The summed E-state index contributed by atoms with van der Waals surface area (Å²) in [6.07, 6.45) is 1.13. The van der Waals surface area contributed by atoms with Gasteiger partial charge in [-0.05, 0) is 76.2 Å². The molecule has 0 spiro atoms. The van der Waals surface area contributed by atoms with Crippen LogP contribution in [0.5, 0.6) is 0 Å². The lowest BCUT2D eigenvalue weighted by Crippen LogP contribution is -2.21. The van der Waals surface area contributed by atoms with Crippen molar-refractivity contribution in [2.24, 2.45) is 0 Å². The fourth-order valence-electron chi connectivity index (χ4n) is 3.33. The summed E-state index contributed by atoms with van der Waals surface area (Å²) in [5.41, 5.74) is 2.84. The van der Waals surface area contributed by atoms with Gasteiger partial charge in [-0.1, -0.05) is 0 Å². The number of rotatable bonds is 11. The summed E-state index contributed by atoms with van der Waals surface area (Å²) in [7, 11) is -3.02. The first-order chi connectivity index (χ1) is 14.4. The van der Waals surface area contributed by atoms with Gasteiger partial charge in [0.1, 0.15) is 5.76 Å². The second-order valence-corrected chi connectivity index (χ2v) is 6.69. The number of ketones is 1. The van der Waals surface area contributed by atoms with Gasteiger partial charge in [-0.25, -0.2) is 8.63 Å². The Labute approximate surface area is 178 Å². The summed E-state index contributed by atoms with van der Waals surface area (Å²) in [6.45, 7) is 11.6. The van der Waals surface area contributed by atoms with Crippen molar-refractivity contribution in [3.05, 3.63) is 65.7 Å². The topological polar surface area (TPSA) is 32.8 Å². The predicted molar refractivity (Wildman–Crippen MR) is 121 cm³/mol. The molecular formula is C23H29BF2N2O2. The SMILES string of the molecule is CCN(CC)c1ccc(C(=O)/C=C(\OB(F)F)c2ccc(N(CC)CC)cc2)cc1. The van der Waals surface area contributed by atoms with Crippen molar-refractivity contribution in [3.63, 3.8) is 0 Å². The quantitative estimate of drug-likeness (QED) is 0.209. The number of carbonyl (C=O) groups excluding carboxylic acids is 1. The van der Waals surface area contributed by atoms with Crippen molar-refractivity contribution in [2.45, 2.75) is 27.7 Å². The zero-order chi connectivity index (χ0) is 22.1. The van der Waals surface area contributed by atoms with Gasteiger partial charge in [0.2, 0.25) is 0 Å². The van der Waals surface area contributed by atoms with Gasteiger partial charge in [0.25, 0.3) is 0 Å². The van der Waals surface area contributed by atoms with Crippen LogP contribution in [0.25, 0.3) is 5.76 Å². The summed E-state index contributed by atoms with van der Waals surface area (Å²) in [6, 6.07) is 14.2. The Bertz CT molecular complexity index is 831. The van der Waals surface area contributed by atoms with Crippen LogP contribution < -0.4 is 9.80 Å².